The van der Waals surface area contributed by atoms with E-state index in [0.717, 1.165) is 44.1 Å². The number of alkyl halides is 3. The minimum atomic E-state index is -4.48. The van der Waals surface area contributed by atoms with Crippen LogP contribution < -0.4 is 0 Å². The molecule has 2 atom stereocenters. The van der Waals surface area contributed by atoms with E-state index in [4.69, 9.17) is 4.74 Å². The monoisotopic (exact) mass is 404 g/mol. The second-order valence-corrected chi connectivity index (χ2v) is 7.67. The van der Waals surface area contributed by atoms with E-state index < -0.39 is 17.6 Å². The second kappa shape index (κ2) is 9.52. The van der Waals surface area contributed by atoms with Crippen LogP contribution in [0.3, 0.4) is 0 Å². The van der Waals surface area contributed by atoms with Crippen molar-refractivity contribution in [3.05, 3.63) is 35.1 Å². The zero-order valence-electron chi connectivity index (χ0n) is 15.9. The van der Waals surface area contributed by atoms with Crippen molar-refractivity contribution in [3.63, 3.8) is 0 Å². The molecule has 2 aliphatic rings. The van der Waals surface area contributed by atoms with Crippen LogP contribution in [0.5, 0.6) is 0 Å². The van der Waals surface area contributed by atoms with Crippen molar-refractivity contribution in [2.24, 2.45) is 5.92 Å². The van der Waals surface area contributed by atoms with Crippen LogP contribution >= 0.6 is 0 Å². The number of halogens is 4. The highest BCUT2D eigenvalue weighted by Gasteiger charge is 2.35. The first-order valence-electron chi connectivity index (χ1n) is 9.89. The first-order valence-corrected chi connectivity index (χ1v) is 9.89. The average Bonchev–Trinajstić information content (AvgIpc) is 2.68. The van der Waals surface area contributed by atoms with Crippen molar-refractivity contribution in [2.75, 3.05) is 46.0 Å². The summed E-state index contributed by atoms with van der Waals surface area (Å²) < 4.78 is 58.4. The third-order valence-electron chi connectivity index (χ3n) is 5.79. The fourth-order valence-corrected chi connectivity index (χ4v) is 4.38. The van der Waals surface area contributed by atoms with Crippen LogP contribution in [0, 0.1) is 11.7 Å². The molecule has 1 aromatic rings. The quantitative estimate of drug-likeness (QED) is 0.739. The number of likely N-dealkylation sites (tertiary alicyclic amines) is 1. The van der Waals surface area contributed by atoms with E-state index in [9.17, 15) is 22.7 Å². The van der Waals surface area contributed by atoms with Crippen LogP contribution in [0.1, 0.15) is 30.4 Å². The van der Waals surface area contributed by atoms with Gasteiger partial charge < -0.3 is 9.84 Å². The summed E-state index contributed by atoms with van der Waals surface area (Å²) in [6.07, 6.45) is -2.05. The Bertz CT molecular complexity index is 635. The van der Waals surface area contributed by atoms with E-state index in [1.165, 1.54) is 0 Å². The first-order chi connectivity index (χ1) is 13.4. The number of benzene rings is 1. The van der Waals surface area contributed by atoms with Gasteiger partial charge in [-0.2, -0.15) is 13.2 Å². The van der Waals surface area contributed by atoms with Gasteiger partial charge in [-0.25, -0.2) is 4.39 Å². The predicted molar refractivity (Wildman–Crippen MR) is 97.3 cm³/mol. The summed E-state index contributed by atoms with van der Waals surface area (Å²) in [5.41, 5.74) is -0.732. The van der Waals surface area contributed by atoms with Gasteiger partial charge in [0.2, 0.25) is 0 Å². The largest absolute Gasteiger partial charge is 0.416 e. The third kappa shape index (κ3) is 5.43. The molecule has 0 radical (unpaired) electrons. The van der Waals surface area contributed by atoms with Crippen molar-refractivity contribution in [1.82, 2.24) is 9.80 Å². The molecular formula is C20H28F4N2O2. The topological polar surface area (TPSA) is 35.9 Å². The number of hydrogen-bond acceptors (Lipinski definition) is 4. The van der Waals surface area contributed by atoms with E-state index in [-0.39, 0.29) is 18.7 Å². The maximum Gasteiger partial charge on any atom is 0.416 e. The van der Waals surface area contributed by atoms with Crippen LogP contribution in [-0.2, 0) is 17.5 Å². The van der Waals surface area contributed by atoms with Crippen LogP contribution in [-0.4, -0.2) is 66.9 Å². The smallest absolute Gasteiger partial charge is 0.396 e. The molecule has 28 heavy (non-hydrogen) atoms. The normalized spacial score (nSPS) is 25.2. The van der Waals surface area contributed by atoms with Gasteiger partial charge in [0, 0.05) is 44.4 Å². The number of rotatable bonds is 6. The fraction of sp³-hybridized carbons (Fsp3) is 0.700. The van der Waals surface area contributed by atoms with Crippen molar-refractivity contribution in [2.45, 2.75) is 38.0 Å². The Morgan fingerprint density at radius 1 is 1.14 bits per heavy atom. The molecule has 1 N–H and O–H groups in total. The maximum atomic E-state index is 14.1. The summed E-state index contributed by atoms with van der Waals surface area (Å²) >= 11 is 0. The highest BCUT2D eigenvalue weighted by Crippen LogP contribution is 2.32. The Labute approximate surface area is 163 Å². The summed E-state index contributed by atoms with van der Waals surface area (Å²) in [5, 5.41) is 9.23. The number of hydrogen-bond donors (Lipinski definition) is 1. The standard InChI is InChI=1S/C20H28F4N2O2/c21-18-4-3-17(20(22,23)24)12-16(18)14-25-6-5-19(15(13-25)2-1-9-27)26-7-10-28-11-8-26/h3-4,12,15,19,27H,1-2,5-11,13-14H2/t15-,19+/m1/s1. The number of nitrogens with zero attached hydrogens (tertiary/aromatic N) is 2. The number of ether oxygens (including phenoxy) is 1. The Balaban J connectivity index is 1.69. The van der Waals surface area contributed by atoms with E-state index in [2.05, 4.69) is 4.90 Å². The lowest BCUT2D eigenvalue weighted by atomic mass is 9.86. The van der Waals surface area contributed by atoms with Gasteiger partial charge in [0.25, 0.3) is 0 Å². The molecule has 0 aromatic heterocycles. The molecule has 158 valence electrons. The molecule has 0 aliphatic carbocycles. The highest BCUT2D eigenvalue weighted by molar-refractivity contribution is 5.27. The molecule has 0 saturated carbocycles. The van der Waals surface area contributed by atoms with Gasteiger partial charge in [0.15, 0.2) is 0 Å². The molecule has 0 amide bonds. The van der Waals surface area contributed by atoms with Crippen LogP contribution in [0.4, 0.5) is 17.6 Å². The lowest BCUT2D eigenvalue weighted by Gasteiger charge is -2.45. The average molecular weight is 404 g/mol. The number of morpholine rings is 1. The van der Waals surface area contributed by atoms with Crippen molar-refractivity contribution < 1.29 is 27.4 Å². The molecular weight excluding hydrogens is 376 g/mol. The second-order valence-electron chi connectivity index (χ2n) is 7.67. The molecule has 2 heterocycles. The predicted octanol–water partition coefficient (Wildman–Crippen LogP) is 3.14. The lowest BCUT2D eigenvalue weighted by Crippen LogP contribution is -2.53. The van der Waals surface area contributed by atoms with E-state index in [1.807, 2.05) is 4.90 Å². The Morgan fingerprint density at radius 2 is 1.89 bits per heavy atom. The molecule has 0 bridgehead atoms. The van der Waals surface area contributed by atoms with Gasteiger partial charge in [0.05, 0.1) is 18.8 Å². The summed E-state index contributed by atoms with van der Waals surface area (Å²) in [6, 6.07) is 2.99. The van der Waals surface area contributed by atoms with Gasteiger partial charge in [-0.05, 0) is 49.9 Å². The van der Waals surface area contributed by atoms with Gasteiger partial charge in [-0.3, -0.25) is 9.80 Å². The van der Waals surface area contributed by atoms with E-state index in [0.29, 0.717) is 44.7 Å². The fourth-order valence-electron chi connectivity index (χ4n) is 4.38. The Kier molecular flexibility index (Phi) is 7.31. The van der Waals surface area contributed by atoms with Crippen LogP contribution in [0.25, 0.3) is 0 Å². The van der Waals surface area contributed by atoms with Crippen LogP contribution in [0.15, 0.2) is 18.2 Å². The van der Waals surface area contributed by atoms with Gasteiger partial charge in [0.1, 0.15) is 5.82 Å². The number of aliphatic hydroxyl groups is 1. The molecule has 8 heteroatoms. The van der Waals surface area contributed by atoms with Crippen molar-refractivity contribution in [1.29, 1.82) is 0 Å². The summed E-state index contributed by atoms with van der Waals surface area (Å²) in [5.74, 6) is -0.303. The number of piperidine rings is 1. The summed E-state index contributed by atoms with van der Waals surface area (Å²) in [4.78, 5) is 4.46. The Hall–Kier alpha value is -1.22. The summed E-state index contributed by atoms with van der Waals surface area (Å²) in [7, 11) is 0. The van der Waals surface area contributed by atoms with Gasteiger partial charge in [-0.1, -0.05) is 0 Å². The van der Waals surface area contributed by atoms with Crippen molar-refractivity contribution >= 4 is 0 Å². The molecule has 0 unspecified atom stereocenters. The van der Waals surface area contributed by atoms with E-state index >= 15 is 0 Å². The van der Waals surface area contributed by atoms with Gasteiger partial charge >= 0.3 is 6.18 Å². The third-order valence-corrected chi connectivity index (χ3v) is 5.79. The lowest BCUT2D eigenvalue weighted by molar-refractivity contribution is -0.137. The maximum absolute atomic E-state index is 14.1. The minimum absolute atomic E-state index is 0.0838. The molecule has 2 aliphatic heterocycles. The first kappa shape index (κ1) is 21.5. The Morgan fingerprint density at radius 3 is 2.57 bits per heavy atom. The SMILES string of the molecule is OCCC[C@@H]1CN(Cc2cc(C(F)(F)F)ccc2F)CC[C@@H]1N1CCOCC1. The van der Waals surface area contributed by atoms with Crippen molar-refractivity contribution in [3.8, 4) is 0 Å². The molecule has 4 nitrogen and oxygen atoms in total. The molecule has 3 rings (SSSR count). The van der Waals surface area contributed by atoms with Gasteiger partial charge in [-0.15, -0.1) is 0 Å². The number of aliphatic hydroxyl groups excluding tert-OH is 1. The highest BCUT2D eigenvalue weighted by atomic mass is 19.4. The van der Waals surface area contributed by atoms with E-state index in [1.54, 1.807) is 0 Å². The summed E-state index contributed by atoms with van der Waals surface area (Å²) in [6.45, 7) is 4.87. The zero-order chi connectivity index (χ0) is 20.1. The van der Waals surface area contributed by atoms with Crippen LogP contribution in [0.2, 0.25) is 0 Å². The molecule has 1 aromatic carbocycles. The molecule has 2 fully saturated rings. The molecule has 2 saturated heterocycles. The molecule has 0 spiro atoms. The zero-order valence-corrected chi connectivity index (χ0v) is 15.9. The minimum Gasteiger partial charge on any atom is -0.396 e.